The van der Waals surface area contributed by atoms with Gasteiger partial charge >= 0.3 is 0 Å². The van der Waals surface area contributed by atoms with Crippen molar-refractivity contribution < 1.29 is 4.39 Å². The number of halogens is 1. The van der Waals surface area contributed by atoms with E-state index in [1.165, 1.54) is 6.07 Å². The van der Waals surface area contributed by atoms with Crippen LogP contribution in [-0.2, 0) is 13.0 Å². The second-order valence-corrected chi connectivity index (χ2v) is 4.14. The van der Waals surface area contributed by atoms with Gasteiger partial charge in [-0.25, -0.2) is 9.37 Å². The number of nitrogens with zero attached hydrogens (tertiary/aromatic N) is 2. The van der Waals surface area contributed by atoms with Crippen molar-refractivity contribution in [3.63, 3.8) is 0 Å². The molecule has 0 aliphatic carbocycles. The number of imidazole rings is 1. The minimum absolute atomic E-state index is 0.0573. The Labute approximate surface area is 100 Å². The van der Waals surface area contributed by atoms with Crippen LogP contribution in [0.5, 0.6) is 0 Å². The first kappa shape index (κ1) is 11.8. The Balaban J connectivity index is 2.08. The second-order valence-electron chi connectivity index (χ2n) is 4.14. The van der Waals surface area contributed by atoms with Crippen molar-refractivity contribution in [1.82, 2.24) is 9.55 Å². The predicted molar refractivity (Wildman–Crippen MR) is 64.9 cm³/mol. The molecule has 90 valence electrons. The van der Waals surface area contributed by atoms with Crippen molar-refractivity contribution >= 4 is 0 Å². The van der Waals surface area contributed by atoms with Crippen molar-refractivity contribution in [2.24, 2.45) is 5.73 Å². The summed E-state index contributed by atoms with van der Waals surface area (Å²) < 4.78 is 15.4. The zero-order valence-corrected chi connectivity index (χ0v) is 9.81. The summed E-state index contributed by atoms with van der Waals surface area (Å²) in [5, 5.41) is 0. The fraction of sp³-hybridized carbons (Fsp3) is 0.308. The molecule has 2 rings (SSSR count). The molecular weight excluding hydrogens is 217 g/mol. The van der Waals surface area contributed by atoms with Gasteiger partial charge in [0, 0.05) is 18.8 Å². The first-order valence-corrected chi connectivity index (χ1v) is 5.67. The van der Waals surface area contributed by atoms with Gasteiger partial charge < -0.3 is 10.3 Å². The molecule has 0 fully saturated rings. The van der Waals surface area contributed by atoms with Crippen molar-refractivity contribution in [1.29, 1.82) is 0 Å². The smallest absolute Gasteiger partial charge is 0.126 e. The molecule has 0 bridgehead atoms. The van der Waals surface area contributed by atoms with E-state index >= 15 is 0 Å². The summed E-state index contributed by atoms with van der Waals surface area (Å²) in [7, 11) is 0. The van der Waals surface area contributed by atoms with Crippen LogP contribution in [0, 0.1) is 5.82 Å². The number of nitrogens with two attached hydrogens (primary N) is 1. The summed E-state index contributed by atoms with van der Waals surface area (Å²) in [6, 6.07) is 6.77. The molecule has 0 unspecified atom stereocenters. The average molecular weight is 233 g/mol. The van der Waals surface area contributed by atoms with Gasteiger partial charge in [-0.2, -0.15) is 0 Å². The van der Waals surface area contributed by atoms with Crippen LogP contribution in [0.3, 0.4) is 0 Å². The van der Waals surface area contributed by atoms with E-state index in [0.717, 1.165) is 11.3 Å². The molecular formula is C13H16FN3. The van der Waals surface area contributed by atoms with E-state index in [4.69, 9.17) is 5.73 Å². The van der Waals surface area contributed by atoms with Gasteiger partial charge in [-0.1, -0.05) is 18.2 Å². The Kier molecular flexibility index (Phi) is 3.54. The van der Waals surface area contributed by atoms with Gasteiger partial charge in [0.15, 0.2) is 0 Å². The van der Waals surface area contributed by atoms with Crippen molar-refractivity contribution in [3.05, 3.63) is 53.9 Å². The Morgan fingerprint density at radius 2 is 2.18 bits per heavy atom. The lowest BCUT2D eigenvalue weighted by Crippen LogP contribution is -2.13. The van der Waals surface area contributed by atoms with Crippen LogP contribution in [-0.4, -0.2) is 9.55 Å². The highest BCUT2D eigenvalue weighted by molar-refractivity contribution is 5.17. The summed E-state index contributed by atoms with van der Waals surface area (Å²) >= 11 is 0. The van der Waals surface area contributed by atoms with Crippen LogP contribution in [0.4, 0.5) is 4.39 Å². The number of benzene rings is 1. The molecule has 0 radical (unpaired) electrons. The lowest BCUT2D eigenvalue weighted by molar-refractivity contribution is 0.580. The molecule has 0 saturated carbocycles. The van der Waals surface area contributed by atoms with Gasteiger partial charge in [-0.15, -0.1) is 0 Å². The highest BCUT2D eigenvalue weighted by Gasteiger charge is 2.07. The Bertz CT molecular complexity index is 491. The molecule has 1 atom stereocenters. The highest BCUT2D eigenvalue weighted by atomic mass is 19.1. The predicted octanol–water partition coefficient (Wildman–Crippen LogP) is 2.28. The topological polar surface area (TPSA) is 43.8 Å². The van der Waals surface area contributed by atoms with Crippen molar-refractivity contribution in [2.45, 2.75) is 25.9 Å². The molecule has 1 aromatic heterocycles. The molecule has 4 heteroatoms. The quantitative estimate of drug-likeness (QED) is 0.880. The number of aryl methyl sites for hydroxylation is 2. The molecule has 3 nitrogen and oxygen atoms in total. The molecule has 1 aromatic carbocycles. The largest absolute Gasteiger partial charge is 0.333 e. The summed E-state index contributed by atoms with van der Waals surface area (Å²) in [5.74, 6) is -0.157. The Hall–Kier alpha value is -1.68. The normalized spacial score (nSPS) is 12.6. The molecule has 0 spiro atoms. The maximum atomic E-state index is 13.4. The van der Waals surface area contributed by atoms with Crippen LogP contribution in [0.2, 0.25) is 0 Å². The molecule has 2 aromatic rings. The van der Waals surface area contributed by atoms with E-state index in [1.807, 2.05) is 17.6 Å². The van der Waals surface area contributed by atoms with Crippen molar-refractivity contribution in [2.75, 3.05) is 0 Å². The van der Waals surface area contributed by atoms with Crippen LogP contribution >= 0.6 is 0 Å². The fourth-order valence-corrected chi connectivity index (χ4v) is 1.84. The Morgan fingerprint density at radius 3 is 2.88 bits per heavy atom. The number of aromatic nitrogens is 2. The zero-order valence-electron chi connectivity index (χ0n) is 9.81. The van der Waals surface area contributed by atoms with Crippen LogP contribution < -0.4 is 5.73 Å². The van der Waals surface area contributed by atoms with Crippen LogP contribution in [0.1, 0.15) is 24.2 Å². The second kappa shape index (κ2) is 5.10. The van der Waals surface area contributed by atoms with Crippen LogP contribution in [0.15, 0.2) is 36.8 Å². The lowest BCUT2D eigenvalue weighted by atomic mass is 10.1. The van der Waals surface area contributed by atoms with Gasteiger partial charge in [0.1, 0.15) is 5.82 Å². The Morgan fingerprint density at radius 1 is 1.41 bits per heavy atom. The van der Waals surface area contributed by atoms with E-state index in [2.05, 4.69) is 4.98 Å². The molecule has 2 N–H and O–H groups in total. The van der Waals surface area contributed by atoms with E-state index < -0.39 is 0 Å². The molecule has 0 aliphatic rings. The lowest BCUT2D eigenvalue weighted by Gasteiger charge is -2.10. The molecule has 0 amide bonds. The number of hydrogen-bond acceptors (Lipinski definition) is 2. The SMILES string of the molecule is C[C@H](N)c1cncn1CCc1ccccc1F. The number of rotatable bonds is 4. The average Bonchev–Trinajstić information content (AvgIpc) is 2.76. The third kappa shape index (κ3) is 2.71. The summed E-state index contributed by atoms with van der Waals surface area (Å²) in [4.78, 5) is 4.07. The van der Waals surface area contributed by atoms with E-state index in [0.29, 0.717) is 13.0 Å². The van der Waals surface area contributed by atoms with E-state index in [1.54, 1.807) is 24.7 Å². The summed E-state index contributed by atoms with van der Waals surface area (Å²) in [5.41, 5.74) is 7.52. The minimum Gasteiger partial charge on any atom is -0.333 e. The highest BCUT2D eigenvalue weighted by Crippen LogP contribution is 2.12. The van der Waals surface area contributed by atoms with E-state index in [-0.39, 0.29) is 11.9 Å². The third-order valence-electron chi connectivity index (χ3n) is 2.79. The van der Waals surface area contributed by atoms with Gasteiger partial charge in [0.2, 0.25) is 0 Å². The standard InChI is InChI=1S/C13H16FN3/c1-10(15)13-8-16-9-17(13)7-6-11-4-2-3-5-12(11)14/h2-5,8-10H,6-7,15H2,1H3/t10-/m0/s1. The van der Waals surface area contributed by atoms with E-state index in [9.17, 15) is 4.39 Å². The van der Waals surface area contributed by atoms with Gasteiger partial charge in [0.25, 0.3) is 0 Å². The molecule has 0 aliphatic heterocycles. The molecule has 17 heavy (non-hydrogen) atoms. The van der Waals surface area contributed by atoms with Gasteiger partial charge in [-0.3, -0.25) is 0 Å². The first-order chi connectivity index (χ1) is 8.18. The summed E-state index contributed by atoms with van der Waals surface area (Å²) in [6.45, 7) is 2.61. The monoisotopic (exact) mass is 233 g/mol. The van der Waals surface area contributed by atoms with Crippen LogP contribution in [0.25, 0.3) is 0 Å². The first-order valence-electron chi connectivity index (χ1n) is 5.67. The fourth-order valence-electron chi connectivity index (χ4n) is 1.84. The van der Waals surface area contributed by atoms with Gasteiger partial charge in [-0.05, 0) is 25.0 Å². The van der Waals surface area contributed by atoms with Gasteiger partial charge in [0.05, 0.1) is 12.0 Å². The maximum Gasteiger partial charge on any atom is 0.126 e. The molecule has 0 saturated heterocycles. The zero-order chi connectivity index (χ0) is 12.3. The maximum absolute atomic E-state index is 13.4. The molecule has 1 heterocycles. The third-order valence-corrected chi connectivity index (χ3v) is 2.79. The van der Waals surface area contributed by atoms with Crippen molar-refractivity contribution in [3.8, 4) is 0 Å². The minimum atomic E-state index is -0.157. The summed E-state index contributed by atoms with van der Waals surface area (Å²) in [6.07, 6.45) is 4.13. The number of hydrogen-bond donors (Lipinski definition) is 1.